The lowest BCUT2D eigenvalue weighted by atomic mass is 10.2. The van der Waals surface area contributed by atoms with Crippen molar-refractivity contribution < 1.29 is 14.3 Å². The lowest BCUT2D eigenvalue weighted by molar-refractivity contribution is -0.121. The van der Waals surface area contributed by atoms with Gasteiger partial charge in [-0.15, -0.1) is 0 Å². The van der Waals surface area contributed by atoms with Gasteiger partial charge in [0.2, 0.25) is 5.91 Å². The van der Waals surface area contributed by atoms with Gasteiger partial charge >= 0.3 is 0 Å². The van der Waals surface area contributed by atoms with Gasteiger partial charge in [0.15, 0.2) is 0 Å². The summed E-state index contributed by atoms with van der Waals surface area (Å²) in [6, 6.07) is 7.98. The van der Waals surface area contributed by atoms with Crippen molar-refractivity contribution in [1.82, 2.24) is 5.32 Å². The van der Waals surface area contributed by atoms with Gasteiger partial charge in [-0.05, 0) is 45.1 Å². The molecule has 1 saturated carbocycles. The van der Waals surface area contributed by atoms with Gasteiger partial charge in [0, 0.05) is 31.7 Å². The van der Waals surface area contributed by atoms with E-state index in [2.05, 4.69) is 5.32 Å². The molecule has 0 saturated heterocycles. The minimum Gasteiger partial charge on any atom is -0.490 e. The maximum atomic E-state index is 11.8. The van der Waals surface area contributed by atoms with Crippen molar-refractivity contribution in [1.29, 1.82) is 0 Å². The highest BCUT2D eigenvalue weighted by Gasteiger charge is 2.17. The van der Waals surface area contributed by atoms with Crippen molar-refractivity contribution >= 4 is 5.91 Å². The number of hydrogen-bond acceptors (Lipinski definition) is 3. The quantitative estimate of drug-likeness (QED) is 0.711. The number of carbonyl (C=O) groups excluding carboxylic acids is 1. The van der Waals surface area contributed by atoms with E-state index in [1.165, 1.54) is 12.8 Å². The zero-order valence-corrected chi connectivity index (χ0v) is 13.5. The molecule has 0 bridgehead atoms. The van der Waals surface area contributed by atoms with E-state index in [-0.39, 0.29) is 5.91 Å². The molecule has 1 aliphatic carbocycles. The molecule has 0 spiro atoms. The third-order valence-electron chi connectivity index (χ3n) is 3.94. The molecule has 0 aromatic heterocycles. The summed E-state index contributed by atoms with van der Waals surface area (Å²) < 4.78 is 11.3. The Morgan fingerprint density at radius 1 is 1.27 bits per heavy atom. The number of hydrogen-bond donors (Lipinski definition) is 1. The molecule has 1 aromatic carbocycles. The van der Waals surface area contributed by atoms with Crippen molar-refractivity contribution in [2.75, 3.05) is 13.2 Å². The van der Waals surface area contributed by atoms with E-state index in [1.807, 2.05) is 31.2 Å². The van der Waals surface area contributed by atoms with E-state index < -0.39 is 0 Å². The highest BCUT2D eigenvalue weighted by atomic mass is 16.5. The predicted molar refractivity (Wildman–Crippen MR) is 86.9 cm³/mol. The molecule has 122 valence electrons. The standard InChI is InChI=1S/C18H27NO3/c1-2-21-13-7-12-18(20)19-14-15-8-3-6-11-17(15)22-16-9-4-5-10-16/h3,6,8,11,16H,2,4-5,7,9-10,12-14H2,1H3,(H,19,20). The first kappa shape index (κ1) is 16.8. The molecule has 0 heterocycles. The second-order valence-electron chi connectivity index (χ2n) is 5.71. The van der Waals surface area contributed by atoms with Crippen molar-refractivity contribution in [3.05, 3.63) is 29.8 Å². The van der Waals surface area contributed by atoms with E-state index in [1.54, 1.807) is 0 Å². The summed E-state index contributed by atoms with van der Waals surface area (Å²) >= 11 is 0. The van der Waals surface area contributed by atoms with Crippen LogP contribution in [-0.2, 0) is 16.1 Å². The van der Waals surface area contributed by atoms with Crippen LogP contribution in [0.25, 0.3) is 0 Å². The van der Waals surface area contributed by atoms with Crippen LogP contribution in [0, 0.1) is 0 Å². The molecule has 4 heteroatoms. The minimum atomic E-state index is 0.0652. The average molecular weight is 305 g/mol. The predicted octanol–water partition coefficient (Wildman–Crippen LogP) is 3.44. The molecule has 2 rings (SSSR count). The Hall–Kier alpha value is -1.55. The molecule has 0 radical (unpaired) electrons. The smallest absolute Gasteiger partial charge is 0.220 e. The Morgan fingerprint density at radius 3 is 2.82 bits per heavy atom. The minimum absolute atomic E-state index is 0.0652. The Bertz CT molecular complexity index is 455. The lowest BCUT2D eigenvalue weighted by Gasteiger charge is -2.16. The van der Waals surface area contributed by atoms with Crippen LogP contribution in [0.3, 0.4) is 0 Å². The topological polar surface area (TPSA) is 47.6 Å². The second-order valence-corrected chi connectivity index (χ2v) is 5.71. The summed E-state index contributed by atoms with van der Waals surface area (Å²) in [5.41, 5.74) is 1.05. The van der Waals surface area contributed by atoms with Crippen molar-refractivity contribution in [2.45, 2.75) is 58.1 Å². The van der Waals surface area contributed by atoms with Gasteiger partial charge in [-0.3, -0.25) is 4.79 Å². The Balaban J connectivity index is 1.77. The number of rotatable bonds is 9. The zero-order valence-electron chi connectivity index (χ0n) is 13.5. The Labute approximate surface area is 133 Å². The van der Waals surface area contributed by atoms with Crippen LogP contribution < -0.4 is 10.1 Å². The largest absolute Gasteiger partial charge is 0.490 e. The highest BCUT2D eigenvalue weighted by Crippen LogP contribution is 2.26. The Kier molecular flexibility index (Phi) is 7.23. The fourth-order valence-corrected chi connectivity index (χ4v) is 2.71. The van der Waals surface area contributed by atoms with E-state index >= 15 is 0 Å². The summed E-state index contributed by atoms with van der Waals surface area (Å²) in [5.74, 6) is 0.972. The Morgan fingerprint density at radius 2 is 2.05 bits per heavy atom. The molecule has 4 nitrogen and oxygen atoms in total. The number of para-hydroxylation sites is 1. The molecular weight excluding hydrogens is 278 g/mol. The van der Waals surface area contributed by atoms with Crippen LogP contribution in [0.1, 0.15) is 51.0 Å². The third-order valence-corrected chi connectivity index (χ3v) is 3.94. The van der Waals surface area contributed by atoms with Crippen LogP contribution in [0.5, 0.6) is 5.75 Å². The first-order valence-electron chi connectivity index (χ1n) is 8.38. The van der Waals surface area contributed by atoms with Gasteiger partial charge in [0.25, 0.3) is 0 Å². The SMILES string of the molecule is CCOCCCC(=O)NCc1ccccc1OC1CCCC1. The van der Waals surface area contributed by atoms with Gasteiger partial charge in [0.1, 0.15) is 5.75 Å². The highest BCUT2D eigenvalue weighted by molar-refractivity contribution is 5.75. The molecule has 1 fully saturated rings. The molecule has 0 unspecified atom stereocenters. The molecular formula is C18H27NO3. The maximum absolute atomic E-state index is 11.8. The number of benzene rings is 1. The molecule has 22 heavy (non-hydrogen) atoms. The molecule has 0 aliphatic heterocycles. The molecule has 1 aliphatic rings. The van der Waals surface area contributed by atoms with Crippen LogP contribution >= 0.6 is 0 Å². The van der Waals surface area contributed by atoms with E-state index in [9.17, 15) is 4.79 Å². The summed E-state index contributed by atoms with van der Waals surface area (Å²) in [4.78, 5) is 11.8. The molecule has 1 N–H and O–H groups in total. The lowest BCUT2D eigenvalue weighted by Crippen LogP contribution is -2.23. The van der Waals surface area contributed by atoms with Crippen LogP contribution in [0.15, 0.2) is 24.3 Å². The average Bonchev–Trinajstić information content (AvgIpc) is 3.04. The van der Waals surface area contributed by atoms with E-state index in [4.69, 9.17) is 9.47 Å². The van der Waals surface area contributed by atoms with E-state index in [0.29, 0.717) is 32.3 Å². The zero-order chi connectivity index (χ0) is 15.6. The van der Waals surface area contributed by atoms with Crippen molar-refractivity contribution in [3.63, 3.8) is 0 Å². The van der Waals surface area contributed by atoms with Gasteiger partial charge in [-0.2, -0.15) is 0 Å². The number of amides is 1. The number of carbonyl (C=O) groups is 1. The number of nitrogens with one attached hydrogen (secondary N) is 1. The van der Waals surface area contributed by atoms with Gasteiger partial charge < -0.3 is 14.8 Å². The van der Waals surface area contributed by atoms with E-state index in [0.717, 1.165) is 30.6 Å². The molecule has 1 aromatic rings. The normalized spacial score (nSPS) is 15.0. The van der Waals surface area contributed by atoms with Crippen LogP contribution in [0.2, 0.25) is 0 Å². The van der Waals surface area contributed by atoms with Crippen LogP contribution in [-0.4, -0.2) is 25.2 Å². The summed E-state index contributed by atoms with van der Waals surface area (Å²) in [6.07, 6.45) is 6.39. The fourth-order valence-electron chi connectivity index (χ4n) is 2.71. The molecule has 1 amide bonds. The maximum Gasteiger partial charge on any atom is 0.220 e. The van der Waals surface area contributed by atoms with Crippen LogP contribution in [0.4, 0.5) is 0 Å². The summed E-state index contributed by atoms with van der Waals surface area (Å²) in [5, 5.41) is 2.97. The number of ether oxygens (including phenoxy) is 2. The molecule has 0 atom stereocenters. The monoisotopic (exact) mass is 305 g/mol. The first-order valence-corrected chi connectivity index (χ1v) is 8.38. The fraction of sp³-hybridized carbons (Fsp3) is 0.611. The van der Waals surface area contributed by atoms with Gasteiger partial charge in [-0.1, -0.05) is 18.2 Å². The third kappa shape index (κ3) is 5.68. The second kappa shape index (κ2) is 9.46. The van der Waals surface area contributed by atoms with Crippen molar-refractivity contribution in [2.24, 2.45) is 0 Å². The summed E-state index contributed by atoms with van der Waals surface area (Å²) in [7, 11) is 0. The summed E-state index contributed by atoms with van der Waals surface area (Å²) in [6.45, 7) is 3.83. The first-order chi connectivity index (χ1) is 10.8. The van der Waals surface area contributed by atoms with Crippen molar-refractivity contribution in [3.8, 4) is 5.75 Å². The van der Waals surface area contributed by atoms with Gasteiger partial charge in [0.05, 0.1) is 6.10 Å². The van der Waals surface area contributed by atoms with Gasteiger partial charge in [-0.25, -0.2) is 0 Å².